The van der Waals surface area contributed by atoms with Crippen LogP contribution in [-0.4, -0.2) is 27.5 Å². The zero-order valence-electron chi connectivity index (χ0n) is 17.3. The second-order valence-electron chi connectivity index (χ2n) is 6.41. The van der Waals surface area contributed by atoms with Crippen molar-refractivity contribution < 1.29 is 22.7 Å². The molecule has 2 N–H and O–H groups in total. The quantitative estimate of drug-likeness (QED) is 0.471. The van der Waals surface area contributed by atoms with Gasteiger partial charge >= 0.3 is 0 Å². The Morgan fingerprint density at radius 2 is 1.74 bits per heavy atom. The van der Waals surface area contributed by atoms with Crippen LogP contribution >= 0.6 is 11.3 Å². The van der Waals surface area contributed by atoms with Gasteiger partial charge in [-0.3, -0.25) is 4.79 Å². The molecule has 0 saturated heterocycles. The summed E-state index contributed by atoms with van der Waals surface area (Å²) in [5.74, 6) is 0.686. The maximum atomic E-state index is 12.7. The van der Waals surface area contributed by atoms with Crippen LogP contribution in [0.5, 0.6) is 11.5 Å². The van der Waals surface area contributed by atoms with Gasteiger partial charge in [0.15, 0.2) is 11.5 Å². The van der Waals surface area contributed by atoms with Gasteiger partial charge in [0.05, 0.1) is 18.1 Å². The number of thiophene rings is 1. The van der Waals surface area contributed by atoms with E-state index in [0.29, 0.717) is 30.4 Å². The molecule has 3 aromatic rings. The predicted octanol–water partition coefficient (Wildman–Crippen LogP) is 4.28. The van der Waals surface area contributed by atoms with Gasteiger partial charge in [0.2, 0.25) is 10.0 Å². The van der Waals surface area contributed by atoms with Crippen molar-refractivity contribution in [2.24, 2.45) is 0 Å². The maximum Gasteiger partial charge on any atom is 0.255 e. The first-order chi connectivity index (χ1) is 14.9. The molecule has 0 bridgehead atoms. The van der Waals surface area contributed by atoms with Crippen molar-refractivity contribution in [1.29, 1.82) is 0 Å². The number of amides is 1. The Hall–Kier alpha value is -2.88. The molecular formula is C22H24N2O5S2. The third-order valence-electron chi connectivity index (χ3n) is 4.22. The third kappa shape index (κ3) is 6.06. The fourth-order valence-corrected chi connectivity index (χ4v) is 4.59. The van der Waals surface area contributed by atoms with E-state index in [2.05, 4.69) is 10.0 Å². The summed E-state index contributed by atoms with van der Waals surface area (Å²) in [6.45, 7) is 4.88. The average Bonchev–Trinajstić information content (AvgIpc) is 3.28. The number of ether oxygens (including phenoxy) is 2. The molecule has 0 aliphatic carbocycles. The molecule has 1 heterocycles. The van der Waals surface area contributed by atoms with Crippen molar-refractivity contribution in [2.75, 3.05) is 18.5 Å². The maximum absolute atomic E-state index is 12.7. The Kier molecular flexibility index (Phi) is 7.67. The molecule has 0 unspecified atom stereocenters. The van der Waals surface area contributed by atoms with Gasteiger partial charge in [-0.2, -0.15) is 0 Å². The largest absolute Gasteiger partial charge is 0.490 e. The number of carbonyl (C=O) groups is 1. The molecule has 164 valence electrons. The Labute approximate surface area is 186 Å². The van der Waals surface area contributed by atoms with Crippen molar-refractivity contribution in [1.82, 2.24) is 4.72 Å². The third-order valence-corrected chi connectivity index (χ3v) is 6.50. The van der Waals surface area contributed by atoms with E-state index in [9.17, 15) is 13.2 Å². The monoisotopic (exact) mass is 460 g/mol. The van der Waals surface area contributed by atoms with E-state index in [1.54, 1.807) is 30.3 Å². The van der Waals surface area contributed by atoms with Gasteiger partial charge in [0.1, 0.15) is 0 Å². The van der Waals surface area contributed by atoms with Crippen LogP contribution in [-0.2, 0) is 16.6 Å². The second-order valence-corrected chi connectivity index (χ2v) is 9.21. The van der Waals surface area contributed by atoms with Gasteiger partial charge in [0.25, 0.3) is 5.91 Å². The highest BCUT2D eigenvalue weighted by Crippen LogP contribution is 2.31. The van der Waals surface area contributed by atoms with E-state index >= 15 is 0 Å². The summed E-state index contributed by atoms with van der Waals surface area (Å²) in [5.41, 5.74) is 0.742. The number of benzene rings is 2. The lowest BCUT2D eigenvalue weighted by Crippen LogP contribution is -2.23. The lowest BCUT2D eigenvalue weighted by molar-refractivity contribution is 0.102. The molecule has 0 aliphatic heterocycles. The Morgan fingerprint density at radius 1 is 0.968 bits per heavy atom. The minimum atomic E-state index is -3.75. The summed E-state index contributed by atoms with van der Waals surface area (Å²) in [6.07, 6.45) is 0. The van der Waals surface area contributed by atoms with Gasteiger partial charge in [-0.15, -0.1) is 11.3 Å². The van der Waals surface area contributed by atoms with Crippen molar-refractivity contribution in [2.45, 2.75) is 25.3 Å². The normalized spacial score (nSPS) is 11.2. The highest BCUT2D eigenvalue weighted by Gasteiger charge is 2.17. The van der Waals surface area contributed by atoms with E-state index in [-0.39, 0.29) is 17.0 Å². The Bertz CT molecular complexity index is 1130. The number of carbonyl (C=O) groups excluding carboxylic acids is 1. The standard InChI is InChI=1S/C22H24N2O5S2/c1-3-28-20-11-10-17(14-21(20)29-4-2)24-22(25)16-7-5-9-19(13-16)31(26,27)23-15-18-8-6-12-30-18/h5-14,23H,3-4,15H2,1-2H3,(H,24,25). The molecule has 0 aliphatic rings. The summed E-state index contributed by atoms with van der Waals surface area (Å²) in [4.78, 5) is 13.6. The molecular weight excluding hydrogens is 436 g/mol. The molecule has 0 radical (unpaired) electrons. The molecule has 7 nitrogen and oxygen atoms in total. The van der Waals surface area contributed by atoms with Gasteiger partial charge in [-0.1, -0.05) is 12.1 Å². The second kappa shape index (κ2) is 10.4. The van der Waals surface area contributed by atoms with Crippen LogP contribution in [0.25, 0.3) is 0 Å². The van der Waals surface area contributed by atoms with Crippen LogP contribution < -0.4 is 19.5 Å². The molecule has 31 heavy (non-hydrogen) atoms. The predicted molar refractivity (Wildman–Crippen MR) is 122 cm³/mol. The van der Waals surface area contributed by atoms with Crippen molar-refractivity contribution in [3.05, 3.63) is 70.4 Å². The zero-order chi connectivity index (χ0) is 22.3. The van der Waals surface area contributed by atoms with Gasteiger partial charge < -0.3 is 14.8 Å². The zero-order valence-corrected chi connectivity index (χ0v) is 18.9. The number of hydrogen-bond donors (Lipinski definition) is 2. The van der Waals surface area contributed by atoms with Crippen LogP contribution in [0, 0.1) is 0 Å². The molecule has 9 heteroatoms. The number of anilines is 1. The minimum absolute atomic E-state index is 0.0263. The van der Waals surface area contributed by atoms with Crippen LogP contribution in [0.15, 0.2) is 64.9 Å². The van der Waals surface area contributed by atoms with E-state index in [1.165, 1.54) is 23.5 Å². The summed E-state index contributed by atoms with van der Waals surface area (Å²) in [5, 5.41) is 4.65. The minimum Gasteiger partial charge on any atom is -0.490 e. The fraction of sp³-hybridized carbons (Fsp3) is 0.227. The first-order valence-corrected chi connectivity index (χ1v) is 12.1. The van der Waals surface area contributed by atoms with E-state index < -0.39 is 15.9 Å². The Morgan fingerprint density at radius 3 is 2.45 bits per heavy atom. The first-order valence-electron chi connectivity index (χ1n) is 9.76. The van der Waals surface area contributed by atoms with Crippen molar-refractivity contribution >= 4 is 33.0 Å². The molecule has 2 aromatic carbocycles. The van der Waals surface area contributed by atoms with Gasteiger partial charge in [-0.05, 0) is 55.6 Å². The van der Waals surface area contributed by atoms with E-state index in [0.717, 1.165) is 4.88 Å². The first kappa shape index (κ1) is 22.8. The summed E-state index contributed by atoms with van der Waals surface area (Å²) >= 11 is 1.47. The van der Waals surface area contributed by atoms with Crippen molar-refractivity contribution in [3.8, 4) is 11.5 Å². The summed E-state index contributed by atoms with van der Waals surface area (Å²) in [6, 6.07) is 14.7. The fourth-order valence-electron chi connectivity index (χ4n) is 2.80. The molecule has 0 spiro atoms. The van der Waals surface area contributed by atoms with Gasteiger partial charge in [-0.25, -0.2) is 13.1 Å². The van der Waals surface area contributed by atoms with E-state index in [4.69, 9.17) is 9.47 Å². The molecule has 3 rings (SSSR count). The van der Waals surface area contributed by atoms with Crippen LogP contribution in [0.1, 0.15) is 29.1 Å². The van der Waals surface area contributed by atoms with Crippen LogP contribution in [0.2, 0.25) is 0 Å². The highest BCUT2D eigenvalue weighted by molar-refractivity contribution is 7.89. The topological polar surface area (TPSA) is 93.7 Å². The lowest BCUT2D eigenvalue weighted by atomic mass is 10.2. The smallest absolute Gasteiger partial charge is 0.255 e. The van der Waals surface area contributed by atoms with Crippen LogP contribution in [0.3, 0.4) is 0 Å². The highest BCUT2D eigenvalue weighted by atomic mass is 32.2. The molecule has 0 saturated carbocycles. The number of rotatable bonds is 10. The van der Waals surface area contributed by atoms with E-state index in [1.807, 2.05) is 31.4 Å². The summed E-state index contributed by atoms with van der Waals surface area (Å²) < 4.78 is 38.9. The van der Waals surface area contributed by atoms with Crippen LogP contribution in [0.4, 0.5) is 5.69 Å². The molecule has 0 atom stereocenters. The lowest BCUT2D eigenvalue weighted by Gasteiger charge is -2.13. The molecule has 1 amide bonds. The summed E-state index contributed by atoms with van der Waals surface area (Å²) in [7, 11) is -3.75. The SMILES string of the molecule is CCOc1ccc(NC(=O)c2cccc(S(=O)(=O)NCc3cccs3)c2)cc1OCC. The molecule has 1 aromatic heterocycles. The Balaban J connectivity index is 1.74. The average molecular weight is 461 g/mol. The molecule has 0 fully saturated rings. The van der Waals surface area contributed by atoms with Crippen molar-refractivity contribution in [3.63, 3.8) is 0 Å². The number of hydrogen-bond acceptors (Lipinski definition) is 6. The number of sulfonamides is 1. The number of nitrogens with one attached hydrogen (secondary N) is 2. The van der Waals surface area contributed by atoms with Gasteiger partial charge in [0, 0.05) is 28.7 Å².